The molecule has 0 unspecified atom stereocenters. The lowest BCUT2D eigenvalue weighted by Crippen LogP contribution is -2.48. The highest BCUT2D eigenvalue weighted by atomic mass is 16.5. The molecule has 0 aliphatic heterocycles. The van der Waals surface area contributed by atoms with Gasteiger partial charge in [-0.2, -0.15) is 0 Å². The van der Waals surface area contributed by atoms with Crippen molar-refractivity contribution in [3.63, 3.8) is 0 Å². The number of carbonyl (C=O) groups is 2. The van der Waals surface area contributed by atoms with Crippen LogP contribution in [0.2, 0.25) is 0 Å². The number of carbonyl (C=O) groups excluding carboxylic acids is 2. The van der Waals surface area contributed by atoms with Gasteiger partial charge >= 0.3 is 0 Å². The first kappa shape index (κ1) is 29.7. The molecule has 1 aliphatic carbocycles. The van der Waals surface area contributed by atoms with Crippen LogP contribution in [0.15, 0.2) is 60.7 Å². The minimum Gasteiger partial charge on any atom is -0.497 e. The van der Waals surface area contributed by atoms with E-state index < -0.39 is 6.04 Å². The van der Waals surface area contributed by atoms with Crippen LogP contribution in [-0.4, -0.2) is 61.3 Å². The smallest absolute Gasteiger partial charge is 0.249 e. The summed E-state index contributed by atoms with van der Waals surface area (Å²) in [5.74, 6) is 1.19. The molecular formula is C32H37N5O6. The highest BCUT2D eigenvalue weighted by Crippen LogP contribution is 2.37. The van der Waals surface area contributed by atoms with Gasteiger partial charge in [-0.3, -0.25) is 14.5 Å². The van der Waals surface area contributed by atoms with Crippen LogP contribution in [0.3, 0.4) is 0 Å². The molecule has 3 aromatic carbocycles. The van der Waals surface area contributed by atoms with Crippen molar-refractivity contribution in [1.29, 1.82) is 0 Å². The number of rotatable bonds is 11. The van der Waals surface area contributed by atoms with Gasteiger partial charge in [-0.25, -0.2) is 4.68 Å². The molecule has 0 saturated heterocycles. The second kappa shape index (κ2) is 13.5. The lowest BCUT2D eigenvalue weighted by atomic mass is 9.94. The van der Waals surface area contributed by atoms with E-state index in [0.717, 1.165) is 32.1 Å². The van der Waals surface area contributed by atoms with E-state index >= 15 is 0 Å². The number of hydrogen-bond acceptors (Lipinski definition) is 8. The number of nitrogens with one attached hydrogen (secondary N) is 1. The van der Waals surface area contributed by atoms with Gasteiger partial charge < -0.3 is 24.3 Å². The van der Waals surface area contributed by atoms with Gasteiger partial charge in [-0.1, -0.05) is 42.7 Å². The van der Waals surface area contributed by atoms with Crippen LogP contribution in [0.4, 0.5) is 5.69 Å². The second-order valence-electron chi connectivity index (χ2n) is 10.4. The summed E-state index contributed by atoms with van der Waals surface area (Å²) in [6.07, 6.45) is 5.00. The largest absolute Gasteiger partial charge is 0.497 e. The molecular weight excluding hydrogens is 550 g/mol. The molecule has 43 heavy (non-hydrogen) atoms. The van der Waals surface area contributed by atoms with Crippen molar-refractivity contribution in [3.05, 3.63) is 66.2 Å². The van der Waals surface area contributed by atoms with Gasteiger partial charge in [0, 0.05) is 24.2 Å². The fourth-order valence-corrected chi connectivity index (χ4v) is 5.57. The number of aromatic nitrogens is 3. The number of nitrogens with zero attached hydrogens (tertiary/aromatic N) is 4. The predicted octanol–water partition coefficient (Wildman–Crippen LogP) is 4.69. The van der Waals surface area contributed by atoms with E-state index in [0.29, 0.717) is 45.3 Å². The van der Waals surface area contributed by atoms with Crippen LogP contribution in [-0.2, 0) is 16.1 Å². The lowest BCUT2D eigenvalue weighted by Gasteiger charge is -2.34. The molecule has 226 valence electrons. The van der Waals surface area contributed by atoms with Gasteiger partial charge in [0.05, 0.1) is 39.6 Å². The molecule has 2 amide bonds. The quantitative estimate of drug-likeness (QED) is 0.269. The summed E-state index contributed by atoms with van der Waals surface area (Å²) in [4.78, 5) is 30.3. The Balaban J connectivity index is 1.65. The van der Waals surface area contributed by atoms with Crippen LogP contribution < -0.4 is 29.2 Å². The minimum atomic E-state index is -1.07. The molecule has 1 aliphatic rings. The molecule has 1 heterocycles. The Morgan fingerprint density at radius 3 is 2.26 bits per heavy atom. The Kier molecular flexibility index (Phi) is 9.29. The third kappa shape index (κ3) is 6.50. The fraction of sp³-hybridized carbons (Fsp3) is 0.375. The third-order valence-corrected chi connectivity index (χ3v) is 7.77. The summed E-state index contributed by atoms with van der Waals surface area (Å²) in [6, 6.07) is 16.7. The predicted molar refractivity (Wildman–Crippen MR) is 162 cm³/mol. The molecule has 11 nitrogen and oxygen atoms in total. The molecule has 1 atom stereocenters. The summed E-state index contributed by atoms with van der Waals surface area (Å²) >= 11 is 0. The number of methoxy groups -OCH3 is 4. The van der Waals surface area contributed by atoms with E-state index in [4.69, 9.17) is 18.9 Å². The van der Waals surface area contributed by atoms with Crippen molar-refractivity contribution in [3.8, 4) is 23.0 Å². The van der Waals surface area contributed by atoms with Gasteiger partial charge in [0.15, 0.2) is 11.5 Å². The maximum atomic E-state index is 14.5. The topological polar surface area (TPSA) is 117 Å². The number of para-hydroxylation sites is 1. The van der Waals surface area contributed by atoms with Crippen LogP contribution in [0.1, 0.15) is 43.7 Å². The van der Waals surface area contributed by atoms with Gasteiger partial charge in [-0.05, 0) is 42.7 Å². The van der Waals surface area contributed by atoms with E-state index in [1.807, 2.05) is 24.3 Å². The number of amides is 2. The summed E-state index contributed by atoms with van der Waals surface area (Å²) < 4.78 is 23.7. The molecule has 11 heteroatoms. The summed E-state index contributed by atoms with van der Waals surface area (Å²) in [6.45, 7) is -0.166. The van der Waals surface area contributed by atoms with Crippen molar-refractivity contribution in [1.82, 2.24) is 20.3 Å². The second-order valence-corrected chi connectivity index (χ2v) is 10.4. The monoisotopic (exact) mass is 587 g/mol. The first-order valence-electron chi connectivity index (χ1n) is 14.3. The normalized spacial score (nSPS) is 14.1. The first-order valence-corrected chi connectivity index (χ1v) is 14.3. The zero-order valence-corrected chi connectivity index (χ0v) is 24.9. The molecule has 1 saturated carbocycles. The van der Waals surface area contributed by atoms with Crippen molar-refractivity contribution in [2.45, 2.75) is 50.7 Å². The minimum absolute atomic E-state index is 0.0138. The van der Waals surface area contributed by atoms with E-state index in [2.05, 4.69) is 15.6 Å². The Labute approximate surface area is 250 Å². The summed E-state index contributed by atoms with van der Waals surface area (Å²) in [7, 11) is 6.15. The van der Waals surface area contributed by atoms with Crippen molar-refractivity contribution in [2.24, 2.45) is 0 Å². The molecule has 4 aromatic rings. The highest BCUT2D eigenvalue weighted by Gasteiger charge is 2.35. The average molecular weight is 588 g/mol. The van der Waals surface area contributed by atoms with E-state index in [9.17, 15) is 9.59 Å². The zero-order valence-electron chi connectivity index (χ0n) is 24.9. The molecule has 0 radical (unpaired) electrons. The molecule has 1 N–H and O–H groups in total. The van der Waals surface area contributed by atoms with E-state index in [1.165, 1.54) is 30.9 Å². The van der Waals surface area contributed by atoms with Gasteiger partial charge in [0.2, 0.25) is 11.8 Å². The third-order valence-electron chi connectivity index (χ3n) is 7.77. The van der Waals surface area contributed by atoms with Crippen molar-refractivity contribution < 1.29 is 28.5 Å². The van der Waals surface area contributed by atoms with Crippen LogP contribution in [0.5, 0.6) is 23.0 Å². The van der Waals surface area contributed by atoms with Gasteiger partial charge in [0.25, 0.3) is 0 Å². The SMILES string of the molecule is COc1cc(OC)cc(N(C(=O)Cn2nnc3ccccc32)[C@H](C(=O)NC2CCCCC2)c2ccc(OC)c(OC)c2)c1. The van der Waals surface area contributed by atoms with E-state index in [-0.39, 0.29) is 24.4 Å². The summed E-state index contributed by atoms with van der Waals surface area (Å²) in [5, 5.41) is 11.7. The van der Waals surface area contributed by atoms with Gasteiger partial charge in [-0.15, -0.1) is 5.10 Å². The number of anilines is 1. The first-order chi connectivity index (χ1) is 20.9. The molecule has 1 aromatic heterocycles. The Morgan fingerprint density at radius 1 is 0.884 bits per heavy atom. The Morgan fingerprint density at radius 2 is 1.58 bits per heavy atom. The van der Waals surface area contributed by atoms with Crippen LogP contribution in [0.25, 0.3) is 11.0 Å². The maximum absolute atomic E-state index is 14.5. The maximum Gasteiger partial charge on any atom is 0.249 e. The van der Waals surface area contributed by atoms with Crippen LogP contribution >= 0.6 is 0 Å². The van der Waals surface area contributed by atoms with Crippen molar-refractivity contribution >= 4 is 28.5 Å². The number of ether oxygens (including phenoxy) is 4. The molecule has 0 bridgehead atoms. The number of benzene rings is 3. The average Bonchev–Trinajstić information content (AvgIpc) is 3.45. The Hall–Kier alpha value is -4.80. The zero-order chi connectivity index (χ0) is 30.3. The van der Waals surface area contributed by atoms with E-state index in [1.54, 1.807) is 43.5 Å². The lowest BCUT2D eigenvalue weighted by molar-refractivity contribution is -0.127. The summed E-state index contributed by atoms with van der Waals surface area (Å²) in [5.41, 5.74) is 2.33. The Bertz CT molecular complexity index is 1560. The molecule has 0 spiro atoms. The standard InChI is InChI=1S/C32H37N5O6/c1-40-24-17-23(18-25(19-24)41-2)37(30(38)20-36-27-13-9-8-12-26(27)34-35-36)31(32(39)33-22-10-6-5-7-11-22)21-14-15-28(42-3)29(16-21)43-4/h8-9,12-19,22,31H,5-7,10-11,20H2,1-4H3,(H,33,39)/t31-/m0/s1. The highest BCUT2D eigenvalue weighted by molar-refractivity contribution is 6.02. The number of hydrogen-bond donors (Lipinski definition) is 1. The molecule has 1 fully saturated rings. The van der Waals surface area contributed by atoms with Gasteiger partial charge in [0.1, 0.15) is 29.6 Å². The van der Waals surface area contributed by atoms with Crippen molar-refractivity contribution in [2.75, 3.05) is 33.3 Å². The molecule has 5 rings (SSSR count). The number of fused-ring (bicyclic) bond motifs is 1. The van der Waals surface area contributed by atoms with Crippen LogP contribution in [0, 0.1) is 0 Å². The fourth-order valence-electron chi connectivity index (χ4n) is 5.57.